The van der Waals surface area contributed by atoms with Crippen molar-refractivity contribution in [2.45, 2.75) is 6.92 Å². The van der Waals surface area contributed by atoms with Crippen LogP contribution >= 0.6 is 0 Å². The van der Waals surface area contributed by atoms with E-state index in [1.165, 1.54) is 0 Å². The molecule has 2 aromatic rings. The fourth-order valence-corrected chi connectivity index (χ4v) is 2.36. The van der Waals surface area contributed by atoms with Crippen molar-refractivity contribution in [2.75, 3.05) is 31.1 Å². The van der Waals surface area contributed by atoms with E-state index in [-0.39, 0.29) is 5.91 Å². The minimum Gasteiger partial charge on any atom is -0.465 e. The van der Waals surface area contributed by atoms with Crippen LogP contribution in [0.5, 0.6) is 0 Å². The van der Waals surface area contributed by atoms with Crippen molar-refractivity contribution in [2.24, 2.45) is 0 Å². The lowest BCUT2D eigenvalue weighted by atomic mass is 10.3. The fraction of sp³-hybridized carbons (Fsp3) is 0.312. The van der Waals surface area contributed by atoms with Crippen LogP contribution in [0.3, 0.4) is 0 Å². The molecule has 0 bridgehead atoms. The quantitative estimate of drug-likeness (QED) is 0.808. The van der Waals surface area contributed by atoms with E-state index in [4.69, 9.17) is 4.42 Å². The zero-order valence-corrected chi connectivity index (χ0v) is 12.5. The normalized spacial score (nSPS) is 15.5. The van der Waals surface area contributed by atoms with Crippen LogP contribution in [0.4, 0.5) is 5.82 Å². The predicted molar refractivity (Wildman–Crippen MR) is 83.3 cm³/mol. The molecule has 6 nitrogen and oxygen atoms in total. The van der Waals surface area contributed by atoms with Gasteiger partial charge in [0.25, 0.3) is 0 Å². The predicted octanol–water partition coefficient (Wildman–Crippen LogP) is 1.74. The molecule has 2 aromatic heterocycles. The maximum absolute atomic E-state index is 12.1. The Kier molecular flexibility index (Phi) is 4.18. The summed E-state index contributed by atoms with van der Waals surface area (Å²) in [6.07, 6.45) is 4.84. The average molecular weight is 298 g/mol. The topological polar surface area (TPSA) is 62.5 Å². The lowest BCUT2D eigenvalue weighted by molar-refractivity contribution is -0.126. The molecular weight excluding hydrogens is 280 g/mol. The summed E-state index contributed by atoms with van der Waals surface area (Å²) in [7, 11) is 0. The molecule has 0 aliphatic carbocycles. The summed E-state index contributed by atoms with van der Waals surface area (Å²) in [5.41, 5.74) is 0.903. The first kappa shape index (κ1) is 14.3. The Morgan fingerprint density at radius 2 is 2.00 bits per heavy atom. The number of carbonyl (C=O) groups excluding carboxylic acids is 1. The van der Waals surface area contributed by atoms with Crippen LogP contribution in [0, 0.1) is 6.92 Å². The van der Waals surface area contributed by atoms with Gasteiger partial charge in [-0.05, 0) is 37.3 Å². The Morgan fingerprint density at radius 3 is 2.64 bits per heavy atom. The SMILES string of the molecule is Cc1ccc(N2CCN(C(=O)C=Cc3ccco3)CC2)nn1. The highest BCUT2D eigenvalue weighted by Gasteiger charge is 2.20. The van der Waals surface area contributed by atoms with Crippen molar-refractivity contribution in [1.82, 2.24) is 15.1 Å². The van der Waals surface area contributed by atoms with Crippen LogP contribution < -0.4 is 4.90 Å². The van der Waals surface area contributed by atoms with Crippen molar-refractivity contribution in [1.29, 1.82) is 0 Å². The third-order valence-electron chi connectivity index (χ3n) is 3.63. The van der Waals surface area contributed by atoms with E-state index in [0.717, 1.165) is 24.6 Å². The van der Waals surface area contributed by atoms with Gasteiger partial charge in [-0.1, -0.05) is 0 Å². The van der Waals surface area contributed by atoms with Gasteiger partial charge in [-0.15, -0.1) is 5.10 Å². The van der Waals surface area contributed by atoms with E-state index < -0.39 is 0 Å². The number of aromatic nitrogens is 2. The molecule has 1 fully saturated rings. The van der Waals surface area contributed by atoms with Crippen LogP contribution in [0.1, 0.15) is 11.5 Å². The molecule has 0 atom stereocenters. The maximum atomic E-state index is 12.1. The Labute approximate surface area is 129 Å². The smallest absolute Gasteiger partial charge is 0.246 e. The van der Waals surface area contributed by atoms with Gasteiger partial charge in [0, 0.05) is 32.3 Å². The molecule has 1 aliphatic rings. The Bertz CT molecular complexity index is 641. The van der Waals surface area contributed by atoms with Crippen molar-refractivity contribution in [3.05, 3.63) is 48.1 Å². The highest BCUT2D eigenvalue weighted by Crippen LogP contribution is 2.13. The number of anilines is 1. The van der Waals surface area contributed by atoms with E-state index in [2.05, 4.69) is 15.1 Å². The zero-order valence-electron chi connectivity index (χ0n) is 12.5. The van der Waals surface area contributed by atoms with Crippen LogP contribution in [0.15, 0.2) is 41.0 Å². The number of piperazine rings is 1. The molecule has 0 N–H and O–H groups in total. The first-order valence-electron chi connectivity index (χ1n) is 7.28. The molecule has 0 aromatic carbocycles. The summed E-state index contributed by atoms with van der Waals surface area (Å²) >= 11 is 0. The second-order valence-electron chi connectivity index (χ2n) is 5.19. The Morgan fingerprint density at radius 1 is 1.18 bits per heavy atom. The molecule has 0 unspecified atom stereocenters. The maximum Gasteiger partial charge on any atom is 0.246 e. The summed E-state index contributed by atoms with van der Waals surface area (Å²) in [5, 5.41) is 8.26. The standard InChI is InChI=1S/C16H18N4O2/c1-13-4-6-15(18-17-13)19-8-10-20(11-9-19)16(21)7-5-14-3-2-12-22-14/h2-7,12H,8-11H2,1H3. The second kappa shape index (κ2) is 6.43. The highest BCUT2D eigenvalue weighted by atomic mass is 16.3. The molecule has 1 aliphatic heterocycles. The summed E-state index contributed by atoms with van der Waals surface area (Å²) in [5.74, 6) is 1.55. The molecule has 6 heteroatoms. The highest BCUT2D eigenvalue weighted by molar-refractivity contribution is 5.91. The molecule has 1 amide bonds. The first-order chi connectivity index (χ1) is 10.7. The van der Waals surface area contributed by atoms with Crippen molar-refractivity contribution >= 4 is 17.8 Å². The summed E-state index contributed by atoms with van der Waals surface area (Å²) in [6, 6.07) is 7.53. The summed E-state index contributed by atoms with van der Waals surface area (Å²) in [6.45, 7) is 4.79. The van der Waals surface area contributed by atoms with Crippen molar-refractivity contribution < 1.29 is 9.21 Å². The van der Waals surface area contributed by atoms with E-state index in [1.54, 1.807) is 24.5 Å². The van der Waals surface area contributed by atoms with Gasteiger partial charge in [-0.25, -0.2) is 0 Å². The van der Waals surface area contributed by atoms with Gasteiger partial charge in [0.15, 0.2) is 5.82 Å². The molecule has 3 rings (SSSR count). The van der Waals surface area contributed by atoms with Gasteiger partial charge < -0.3 is 14.2 Å². The summed E-state index contributed by atoms with van der Waals surface area (Å²) < 4.78 is 5.17. The molecule has 3 heterocycles. The Hall–Kier alpha value is -2.63. The van der Waals surface area contributed by atoms with Crippen LogP contribution in [0.25, 0.3) is 6.08 Å². The second-order valence-corrected chi connectivity index (χ2v) is 5.19. The number of furan rings is 1. The molecule has 1 saturated heterocycles. The lowest BCUT2D eigenvalue weighted by Crippen LogP contribution is -2.48. The largest absolute Gasteiger partial charge is 0.465 e. The van der Waals surface area contributed by atoms with Gasteiger partial charge in [0.2, 0.25) is 5.91 Å². The molecular formula is C16H18N4O2. The minimum atomic E-state index is 0.00559. The number of hydrogen-bond donors (Lipinski definition) is 0. The van der Waals surface area contributed by atoms with E-state index in [0.29, 0.717) is 18.8 Å². The van der Waals surface area contributed by atoms with Gasteiger partial charge in [-0.3, -0.25) is 4.79 Å². The molecule has 0 saturated carbocycles. The lowest BCUT2D eigenvalue weighted by Gasteiger charge is -2.34. The molecule has 22 heavy (non-hydrogen) atoms. The minimum absolute atomic E-state index is 0.00559. The van der Waals surface area contributed by atoms with Gasteiger partial charge in [0.1, 0.15) is 5.76 Å². The van der Waals surface area contributed by atoms with Crippen LogP contribution in [-0.4, -0.2) is 47.2 Å². The van der Waals surface area contributed by atoms with Gasteiger partial charge in [0.05, 0.1) is 12.0 Å². The molecule has 0 spiro atoms. The number of rotatable bonds is 3. The number of hydrogen-bond acceptors (Lipinski definition) is 5. The number of carbonyl (C=O) groups is 1. The van der Waals surface area contributed by atoms with Crippen molar-refractivity contribution in [3.63, 3.8) is 0 Å². The monoisotopic (exact) mass is 298 g/mol. The van der Waals surface area contributed by atoms with Gasteiger partial charge >= 0.3 is 0 Å². The van der Waals surface area contributed by atoms with E-state index in [1.807, 2.05) is 30.0 Å². The Balaban J connectivity index is 1.55. The molecule has 0 radical (unpaired) electrons. The third-order valence-corrected chi connectivity index (χ3v) is 3.63. The average Bonchev–Trinajstić information content (AvgIpc) is 3.07. The van der Waals surface area contributed by atoms with Crippen LogP contribution in [-0.2, 0) is 4.79 Å². The summed E-state index contributed by atoms with van der Waals surface area (Å²) in [4.78, 5) is 16.1. The number of nitrogens with zero attached hydrogens (tertiary/aromatic N) is 4. The third kappa shape index (κ3) is 3.33. The van der Waals surface area contributed by atoms with E-state index >= 15 is 0 Å². The number of amides is 1. The first-order valence-corrected chi connectivity index (χ1v) is 7.28. The number of aryl methyl sites for hydroxylation is 1. The molecule has 114 valence electrons. The van der Waals surface area contributed by atoms with Crippen LogP contribution in [0.2, 0.25) is 0 Å². The van der Waals surface area contributed by atoms with Gasteiger partial charge in [-0.2, -0.15) is 5.10 Å². The zero-order chi connectivity index (χ0) is 15.4. The van der Waals surface area contributed by atoms with Crippen molar-refractivity contribution in [3.8, 4) is 0 Å². The van der Waals surface area contributed by atoms with E-state index in [9.17, 15) is 4.79 Å². The fourth-order valence-electron chi connectivity index (χ4n) is 2.36.